The average molecular weight is 542 g/mol. The molecule has 0 radical (unpaired) electrons. The fourth-order valence-electron chi connectivity index (χ4n) is 3.76. The number of piperidine rings is 1. The summed E-state index contributed by atoms with van der Waals surface area (Å²) in [4.78, 5) is 8.78. The van der Waals surface area contributed by atoms with E-state index in [9.17, 15) is 0 Å². The molecule has 0 aliphatic carbocycles. The predicted octanol–water partition coefficient (Wildman–Crippen LogP) is 4.06. The molecule has 1 saturated heterocycles. The van der Waals surface area contributed by atoms with Crippen molar-refractivity contribution >= 4 is 41.3 Å². The first kappa shape index (κ1) is 23.1. The molecule has 1 aromatic carbocycles. The largest absolute Gasteiger partial charge is 0.454 e. The van der Waals surface area contributed by atoms with E-state index in [4.69, 9.17) is 14.5 Å². The van der Waals surface area contributed by atoms with Crippen molar-refractivity contribution in [1.82, 2.24) is 15.5 Å². The smallest absolute Gasteiger partial charge is 0.231 e. The second-order valence-corrected chi connectivity index (χ2v) is 8.59. The van der Waals surface area contributed by atoms with Crippen molar-refractivity contribution in [2.75, 3.05) is 33.0 Å². The Labute approximate surface area is 200 Å². The van der Waals surface area contributed by atoms with Crippen molar-refractivity contribution in [3.63, 3.8) is 0 Å². The molecule has 30 heavy (non-hydrogen) atoms. The van der Waals surface area contributed by atoms with Gasteiger partial charge < -0.3 is 20.1 Å². The van der Waals surface area contributed by atoms with Gasteiger partial charge >= 0.3 is 0 Å². The van der Waals surface area contributed by atoms with Crippen molar-refractivity contribution in [3.05, 3.63) is 46.2 Å². The third-order valence-corrected chi connectivity index (χ3v) is 6.29. The quantitative estimate of drug-likeness (QED) is 0.314. The van der Waals surface area contributed by atoms with Crippen LogP contribution in [0.25, 0.3) is 0 Å². The first-order valence-corrected chi connectivity index (χ1v) is 11.3. The number of halogens is 1. The molecular weight excluding hydrogens is 511 g/mol. The van der Waals surface area contributed by atoms with Crippen molar-refractivity contribution in [2.45, 2.75) is 32.9 Å². The van der Waals surface area contributed by atoms with Crippen molar-refractivity contribution in [1.29, 1.82) is 0 Å². The molecule has 0 unspecified atom stereocenters. The van der Waals surface area contributed by atoms with E-state index in [2.05, 4.69) is 40.0 Å². The zero-order chi connectivity index (χ0) is 19.9. The lowest BCUT2D eigenvalue weighted by Crippen LogP contribution is -2.42. The van der Waals surface area contributed by atoms with Crippen LogP contribution in [0.2, 0.25) is 0 Å². The van der Waals surface area contributed by atoms with Gasteiger partial charge in [0.25, 0.3) is 0 Å². The minimum Gasteiger partial charge on any atom is -0.454 e. The number of hydrogen-bond acceptors (Lipinski definition) is 5. The van der Waals surface area contributed by atoms with Gasteiger partial charge in [-0.25, -0.2) is 4.99 Å². The van der Waals surface area contributed by atoms with Gasteiger partial charge in [-0.1, -0.05) is 12.1 Å². The monoisotopic (exact) mass is 542 g/mol. The molecule has 4 rings (SSSR count). The number of hydrogen-bond donors (Lipinski definition) is 2. The number of thiophene rings is 1. The Bertz CT molecular complexity index is 807. The molecule has 0 spiro atoms. The van der Waals surface area contributed by atoms with E-state index in [-0.39, 0.29) is 24.0 Å². The highest BCUT2D eigenvalue weighted by Gasteiger charge is 2.19. The lowest BCUT2D eigenvalue weighted by atomic mass is 9.97. The molecule has 0 atom stereocenters. The molecule has 6 nitrogen and oxygen atoms in total. The van der Waals surface area contributed by atoms with Crippen LogP contribution >= 0.6 is 35.3 Å². The van der Waals surface area contributed by atoms with E-state index in [1.165, 1.54) is 30.8 Å². The zero-order valence-electron chi connectivity index (χ0n) is 17.4. The molecule has 0 bridgehead atoms. The van der Waals surface area contributed by atoms with E-state index < -0.39 is 0 Å². The zero-order valence-corrected chi connectivity index (χ0v) is 20.6. The lowest BCUT2D eigenvalue weighted by molar-refractivity contribution is 0.174. The Morgan fingerprint density at radius 2 is 2.00 bits per heavy atom. The van der Waals surface area contributed by atoms with E-state index in [0.29, 0.717) is 19.3 Å². The fraction of sp³-hybridized carbons (Fsp3) is 0.500. The van der Waals surface area contributed by atoms with Crippen LogP contribution in [0.3, 0.4) is 0 Å². The third-order valence-electron chi connectivity index (χ3n) is 5.43. The summed E-state index contributed by atoms with van der Waals surface area (Å²) in [7, 11) is 0. The van der Waals surface area contributed by atoms with Crippen LogP contribution in [0.15, 0.2) is 40.7 Å². The number of guanidine groups is 1. The summed E-state index contributed by atoms with van der Waals surface area (Å²) in [6, 6.07) is 10.4. The second-order valence-electron chi connectivity index (χ2n) is 7.56. The summed E-state index contributed by atoms with van der Waals surface area (Å²) in [5.74, 6) is 3.20. The van der Waals surface area contributed by atoms with Gasteiger partial charge in [0, 0.05) is 24.5 Å². The van der Waals surface area contributed by atoms with Crippen LogP contribution in [-0.4, -0.2) is 43.8 Å². The van der Waals surface area contributed by atoms with E-state index in [1.807, 2.05) is 29.5 Å². The molecule has 2 aliphatic heterocycles. The Kier molecular flexibility index (Phi) is 9.07. The number of likely N-dealkylation sites (tertiary alicyclic amines) is 1. The van der Waals surface area contributed by atoms with Gasteiger partial charge in [-0.2, -0.15) is 0 Å². The van der Waals surface area contributed by atoms with Crippen molar-refractivity contribution in [3.8, 4) is 11.5 Å². The average Bonchev–Trinajstić information content (AvgIpc) is 3.42. The molecule has 8 heteroatoms. The van der Waals surface area contributed by atoms with Crippen LogP contribution in [0.5, 0.6) is 11.5 Å². The Morgan fingerprint density at radius 1 is 1.17 bits per heavy atom. The van der Waals surface area contributed by atoms with Crippen LogP contribution in [-0.2, 0) is 13.1 Å². The molecule has 1 fully saturated rings. The minimum absolute atomic E-state index is 0. The second kappa shape index (κ2) is 11.8. The normalized spacial score (nSPS) is 16.9. The number of aliphatic imine (C=N–C) groups is 1. The highest BCUT2D eigenvalue weighted by molar-refractivity contribution is 14.0. The number of fused-ring (bicyclic) bond motifs is 1. The molecule has 2 aliphatic rings. The first-order chi connectivity index (χ1) is 14.3. The van der Waals surface area contributed by atoms with E-state index >= 15 is 0 Å². The van der Waals surface area contributed by atoms with Gasteiger partial charge in [-0.15, -0.1) is 35.3 Å². The maximum Gasteiger partial charge on any atom is 0.231 e. The van der Waals surface area contributed by atoms with Crippen LogP contribution < -0.4 is 20.1 Å². The summed E-state index contributed by atoms with van der Waals surface area (Å²) >= 11 is 1.85. The molecular formula is C22H31IN4O2S. The molecule has 164 valence electrons. The number of rotatable bonds is 7. The Balaban J connectivity index is 0.00000256. The van der Waals surface area contributed by atoms with Crippen molar-refractivity contribution in [2.24, 2.45) is 10.9 Å². The topological polar surface area (TPSA) is 58.1 Å². The van der Waals surface area contributed by atoms with Crippen molar-refractivity contribution < 1.29 is 9.47 Å². The van der Waals surface area contributed by atoms with Gasteiger partial charge in [0.1, 0.15) is 0 Å². The maximum absolute atomic E-state index is 5.46. The molecule has 0 amide bonds. The standard InChI is InChI=1S/C22H30N4O2S.HI/c1-2-23-22(25-14-18-5-6-20-21(12-18)28-16-27-20)24-13-17-7-9-26(10-8-17)15-19-4-3-11-29-19;/h3-6,11-12,17H,2,7-10,13-16H2,1H3,(H2,23,24,25);1H. The highest BCUT2D eigenvalue weighted by atomic mass is 127. The summed E-state index contributed by atoms with van der Waals surface area (Å²) in [5, 5.41) is 9.06. The number of benzene rings is 1. The third kappa shape index (κ3) is 6.49. The predicted molar refractivity (Wildman–Crippen MR) is 133 cm³/mol. The fourth-order valence-corrected chi connectivity index (χ4v) is 4.51. The first-order valence-electron chi connectivity index (χ1n) is 10.5. The van der Waals surface area contributed by atoms with Crippen LogP contribution in [0.4, 0.5) is 0 Å². The number of ether oxygens (including phenoxy) is 2. The summed E-state index contributed by atoms with van der Waals surface area (Å²) in [6.45, 7) is 8.29. The van der Waals surface area contributed by atoms with Gasteiger partial charge in [-0.3, -0.25) is 4.90 Å². The van der Waals surface area contributed by atoms with E-state index in [0.717, 1.165) is 42.7 Å². The molecule has 2 N–H and O–H groups in total. The van der Waals surface area contributed by atoms with Crippen LogP contribution in [0, 0.1) is 5.92 Å². The van der Waals surface area contributed by atoms with Gasteiger partial charge in [-0.05, 0) is 67.9 Å². The molecule has 0 saturated carbocycles. The summed E-state index contributed by atoms with van der Waals surface area (Å²) < 4.78 is 10.8. The lowest BCUT2D eigenvalue weighted by Gasteiger charge is -2.32. The van der Waals surface area contributed by atoms with Gasteiger partial charge in [0.05, 0.1) is 6.54 Å². The maximum atomic E-state index is 5.46. The highest BCUT2D eigenvalue weighted by Crippen LogP contribution is 2.32. The number of nitrogens with one attached hydrogen (secondary N) is 2. The summed E-state index contributed by atoms with van der Waals surface area (Å²) in [6.07, 6.45) is 2.47. The molecule has 3 heterocycles. The molecule has 1 aromatic heterocycles. The van der Waals surface area contributed by atoms with Gasteiger partial charge in [0.2, 0.25) is 6.79 Å². The summed E-state index contributed by atoms with van der Waals surface area (Å²) in [5.41, 5.74) is 1.12. The SMILES string of the molecule is CCNC(=NCc1ccc2c(c1)OCO2)NCC1CCN(Cc2cccs2)CC1.I. The van der Waals surface area contributed by atoms with Crippen LogP contribution in [0.1, 0.15) is 30.2 Å². The van der Waals surface area contributed by atoms with Gasteiger partial charge in [0.15, 0.2) is 17.5 Å². The number of nitrogens with zero attached hydrogens (tertiary/aromatic N) is 2. The molecule has 2 aromatic rings. The Morgan fingerprint density at radius 3 is 2.77 bits per heavy atom. The Hall–Kier alpha value is -1.52. The van der Waals surface area contributed by atoms with E-state index in [1.54, 1.807) is 0 Å². The minimum atomic E-state index is 0.